The number of hydrogen-bond acceptors (Lipinski definition) is 3. The molecule has 2 atom stereocenters. The SMILES string of the molecule is CN1CCCCCCN(C(=O)c2ccccn2)C2CCCC2C1=O. The van der Waals surface area contributed by atoms with Gasteiger partial charge in [-0.2, -0.15) is 0 Å². The Bertz CT molecular complexity index is 575. The van der Waals surface area contributed by atoms with E-state index in [1.807, 2.05) is 29.0 Å². The first-order valence-electron chi connectivity index (χ1n) is 9.15. The van der Waals surface area contributed by atoms with Crippen LogP contribution in [-0.2, 0) is 4.79 Å². The summed E-state index contributed by atoms with van der Waals surface area (Å²) in [6.07, 6.45) is 8.74. The summed E-state index contributed by atoms with van der Waals surface area (Å²) in [5.74, 6) is 0.126. The van der Waals surface area contributed by atoms with E-state index in [1.165, 1.54) is 0 Å². The minimum atomic E-state index is -0.0548. The van der Waals surface area contributed by atoms with Crippen LogP contribution in [0.2, 0.25) is 0 Å². The van der Waals surface area contributed by atoms with Gasteiger partial charge in [0.15, 0.2) is 0 Å². The van der Waals surface area contributed by atoms with Gasteiger partial charge in [-0.1, -0.05) is 25.3 Å². The van der Waals surface area contributed by atoms with Crippen LogP contribution in [0.5, 0.6) is 0 Å². The molecule has 2 amide bonds. The lowest BCUT2D eigenvalue weighted by molar-refractivity contribution is -0.135. The fourth-order valence-electron chi connectivity index (χ4n) is 4.03. The molecule has 5 heteroatoms. The number of fused-ring (bicyclic) bond motifs is 1. The van der Waals surface area contributed by atoms with Gasteiger partial charge in [-0.3, -0.25) is 14.6 Å². The third-order valence-electron chi connectivity index (χ3n) is 5.36. The van der Waals surface area contributed by atoms with Gasteiger partial charge in [-0.15, -0.1) is 0 Å². The van der Waals surface area contributed by atoms with Crippen molar-refractivity contribution >= 4 is 11.8 Å². The molecule has 24 heavy (non-hydrogen) atoms. The average molecular weight is 329 g/mol. The molecule has 1 aromatic heterocycles. The van der Waals surface area contributed by atoms with Gasteiger partial charge in [-0.05, 0) is 37.8 Å². The van der Waals surface area contributed by atoms with Crippen LogP contribution in [0.3, 0.4) is 0 Å². The van der Waals surface area contributed by atoms with E-state index in [2.05, 4.69) is 4.98 Å². The minimum Gasteiger partial charge on any atom is -0.345 e. The van der Waals surface area contributed by atoms with Gasteiger partial charge in [-0.25, -0.2) is 0 Å². The van der Waals surface area contributed by atoms with Crippen molar-refractivity contribution in [2.24, 2.45) is 5.92 Å². The predicted octanol–water partition coefficient (Wildman–Crippen LogP) is 2.72. The summed E-state index contributed by atoms with van der Waals surface area (Å²) in [6, 6.07) is 5.45. The molecule has 1 saturated carbocycles. The number of carbonyl (C=O) groups is 2. The molecule has 1 aliphatic heterocycles. The zero-order valence-electron chi connectivity index (χ0n) is 14.5. The average Bonchev–Trinajstić information content (AvgIpc) is 3.08. The molecule has 1 aromatic rings. The highest BCUT2D eigenvalue weighted by Gasteiger charge is 2.40. The van der Waals surface area contributed by atoms with E-state index in [0.717, 1.165) is 58.0 Å². The first kappa shape index (κ1) is 16.9. The Morgan fingerprint density at radius 3 is 2.62 bits per heavy atom. The van der Waals surface area contributed by atoms with Crippen LogP contribution in [0.1, 0.15) is 55.4 Å². The van der Waals surface area contributed by atoms with Gasteiger partial charge >= 0.3 is 0 Å². The number of hydrogen-bond donors (Lipinski definition) is 0. The van der Waals surface area contributed by atoms with Crippen LogP contribution < -0.4 is 0 Å². The highest BCUT2D eigenvalue weighted by atomic mass is 16.2. The molecule has 2 aliphatic rings. The van der Waals surface area contributed by atoms with Crippen molar-refractivity contribution in [1.29, 1.82) is 0 Å². The molecule has 1 aliphatic carbocycles. The molecular weight excluding hydrogens is 302 g/mol. The van der Waals surface area contributed by atoms with Crippen molar-refractivity contribution in [1.82, 2.24) is 14.8 Å². The Kier molecular flexibility index (Phi) is 5.48. The Morgan fingerprint density at radius 2 is 1.88 bits per heavy atom. The third-order valence-corrected chi connectivity index (χ3v) is 5.36. The lowest BCUT2D eigenvalue weighted by Crippen LogP contribution is -2.47. The minimum absolute atomic E-state index is 0.0209. The van der Waals surface area contributed by atoms with Gasteiger partial charge in [0.05, 0.1) is 5.92 Å². The van der Waals surface area contributed by atoms with E-state index in [4.69, 9.17) is 0 Å². The second-order valence-corrected chi connectivity index (χ2v) is 6.99. The molecule has 2 unspecified atom stereocenters. The maximum atomic E-state index is 13.0. The Hall–Kier alpha value is -1.91. The highest BCUT2D eigenvalue weighted by Crippen LogP contribution is 2.33. The quantitative estimate of drug-likeness (QED) is 0.796. The maximum absolute atomic E-state index is 13.0. The van der Waals surface area contributed by atoms with Crippen LogP contribution in [-0.4, -0.2) is 52.8 Å². The van der Waals surface area contributed by atoms with Gasteiger partial charge in [0.1, 0.15) is 5.69 Å². The van der Waals surface area contributed by atoms with Crippen LogP contribution >= 0.6 is 0 Å². The first-order valence-corrected chi connectivity index (χ1v) is 9.15. The van der Waals surface area contributed by atoms with Gasteiger partial charge in [0.25, 0.3) is 5.91 Å². The molecule has 1 saturated heterocycles. The van der Waals surface area contributed by atoms with E-state index in [-0.39, 0.29) is 23.8 Å². The molecule has 130 valence electrons. The summed E-state index contributed by atoms with van der Waals surface area (Å²) >= 11 is 0. The molecule has 0 bridgehead atoms. The Balaban J connectivity index is 1.86. The van der Waals surface area contributed by atoms with Crippen molar-refractivity contribution in [3.8, 4) is 0 Å². The van der Waals surface area contributed by atoms with Crippen LogP contribution in [0.4, 0.5) is 0 Å². The fraction of sp³-hybridized carbons (Fsp3) is 0.632. The molecule has 2 heterocycles. The van der Waals surface area contributed by atoms with E-state index in [9.17, 15) is 9.59 Å². The summed E-state index contributed by atoms with van der Waals surface area (Å²) in [5, 5.41) is 0. The first-order chi connectivity index (χ1) is 11.7. The smallest absolute Gasteiger partial charge is 0.272 e. The van der Waals surface area contributed by atoms with Crippen LogP contribution in [0.25, 0.3) is 0 Å². The Labute approximate surface area is 144 Å². The van der Waals surface area contributed by atoms with Crippen molar-refractivity contribution < 1.29 is 9.59 Å². The number of amides is 2. The topological polar surface area (TPSA) is 53.5 Å². The van der Waals surface area contributed by atoms with Crippen molar-refractivity contribution in [3.05, 3.63) is 30.1 Å². The lowest BCUT2D eigenvalue weighted by Gasteiger charge is -2.33. The second-order valence-electron chi connectivity index (χ2n) is 6.99. The third kappa shape index (κ3) is 3.60. The molecule has 2 fully saturated rings. The molecule has 0 spiro atoms. The summed E-state index contributed by atoms with van der Waals surface area (Å²) in [5.41, 5.74) is 0.485. The second kappa shape index (κ2) is 7.77. The number of rotatable bonds is 1. The molecule has 5 nitrogen and oxygen atoms in total. The van der Waals surface area contributed by atoms with Crippen molar-refractivity contribution in [2.75, 3.05) is 20.1 Å². The maximum Gasteiger partial charge on any atom is 0.272 e. The van der Waals surface area contributed by atoms with Crippen molar-refractivity contribution in [3.63, 3.8) is 0 Å². The zero-order chi connectivity index (χ0) is 16.9. The van der Waals surface area contributed by atoms with Gasteiger partial charge in [0.2, 0.25) is 5.91 Å². The van der Waals surface area contributed by atoms with Gasteiger partial charge < -0.3 is 9.80 Å². The summed E-state index contributed by atoms with van der Waals surface area (Å²) in [4.78, 5) is 33.9. The number of pyridine rings is 1. The normalized spacial score (nSPS) is 26.0. The number of carbonyl (C=O) groups excluding carboxylic acids is 2. The van der Waals surface area contributed by atoms with E-state index >= 15 is 0 Å². The molecule has 0 aromatic carbocycles. The van der Waals surface area contributed by atoms with E-state index in [1.54, 1.807) is 12.3 Å². The number of nitrogens with zero attached hydrogens (tertiary/aromatic N) is 3. The van der Waals surface area contributed by atoms with E-state index < -0.39 is 0 Å². The summed E-state index contributed by atoms with van der Waals surface area (Å²) in [6.45, 7) is 1.56. The molecular formula is C19H27N3O2. The van der Waals surface area contributed by atoms with Crippen LogP contribution in [0.15, 0.2) is 24.4 Å². The van der Waals surface area contributed by atoms with E-state index in [0.29, 0.717) is 5.69 Å². The standard InChI is InChI=1S/C19H27N3O2/c1-21-13-6-2-3-7-14-22(17-11-8-9-15(17)18(21)23)19(24)16-10-4-5-12-20-16/h4-5,10,12,15,17H,2-3,6-9,11,13-14H2,1H3. The largest absolute Gasteiger partial charge is 0.345 e. The Morgan fingerprint density at radius 1 is 1.08 bits per heavy atom. The molecule has 0 N–H and O–H groups in total. The lowest BCUT2D eigenvalue weighted by atomic mass is 9.99. The zero-order valence-corrected chi connectivity index (χ0v) is 14.5. The highest BCUT2D eigenvalue weighted by molar-refractivity contribution is 5.93. The summed E-state index contributed by atoms with van der Waals surface area (Å²) in [7, 11) is 1.90. The summed E-state index contributed by atoms with van der Waals surface area (Å²) < 4.78 is 0. The van der Waals surface area contributed by atoms with Crippen LogP contribution in [0, 0.1) is 5.92 Å². The predicted molar refractivity (Wildman–Crippen MR) is 92.5 cm³/mol. The molecule has 0 radical (unpaired) electrons. The van der Waals surface area contributed by atoms with Gasteiger partial charge in [0, 0.05) is 32.4 Å². The fourth-order valence-corrected chi connectivity index (χ4v) is 4.03. The monoisotopic (exact) mass is 329 g/mol. The number of aromatic nitrogens is 1. The van der Waals surface area contributed by atoms with Crippen molar-refractivity contribution in [2.45, 2.75) is 51.0 Å². The molecule has 3 rings (SSSR count).